The Morgan fingerprint density at radius 2 is 1.92 bits per heavy atom. The number of hydrogen-bond donors (Lipinski definition) is 2. The number of carbonyl (C=O) groups excluding carboxylic acids is 1. The summed E-state index contributed by atoms with van der Waals surface area (Å²) >= 11 is 0. The fourth-order valence-electron chi connectivity index (χ4n) is 2.62. The van der Waals surface area contributed by atoms with Crippen molar-refractivity contribution in [3.8, 4) is 5.75 Å². The maximum atomic E-state index is 12.4. The molecule has 0 atom stereocenters. The number of H-pyrrole nitrogens is 1. The SMILES string of the molecule is COc1ccc(CN(CCNS(=O)(=O)c2c(C)n[nH]c2C)C(C)=O)cc1. The lowest BCUT2D eigenvalue weighted by Crippen LogP contribution is -2.37. The van der Waals surface area contributed by atoms with Gasteiger partial charge in [-0.15, -0.1) is 0 Å². The monoisotopic (exact) mass is 380 g/mol. The maximum absolute atomic E-state index is 12.4. The van der Waals surface area contributed by atoms with E-state index in [1.54, 1.807) is 25.9 Å². The molecule has 26 heavy (non-hydrogen) atoms. The van der Waals surface area contributed by atoms with Crippen LogP contribution in [-0.2, 0) is 21.4 Å². The van der Waals surface area contributed by atoms with Gasteiger partial charge < -0.3 is 9.64 Å². The van der Waals surface area contributed by atoms with E-state index in [1.807, 2.05) is 24.3 Å². The lowest BCUT2D eigenvalue weighted by Gasteiger charge is -2.21. The first-order chi connectivity index (χ1) is 12.2. The highest BCUT2D eigenvalue weighted by molar-refractivity contribution is 7.89. The van der Waals surface area contributed by atoms with E-state index >= 15 is 0 Å². The minimum absolute atomic E-state index is 0.113. The van der Waals surface area contributed by atoms with Crippen LogP contribution < -0.4 is 9.46 Å². The molecular formula is C17H24N4O4S. The molecule has 2 N–H and O–H groups in total. The number of nitrogens with zero attached hydrogens (tertiary/aromatic N) is 2. The third-order valence-corrected chi connectivity index (χ3v) is 5.70. The molecule has 2 rings (SSSR count). The van der Waals surface area contributed by atoms with Gasteiger partial charge in [-0.3, -0.25) is 9.89 Å². The Morgan fingerprint density at radius 3 is 2.42 bits per heavy atom. The van der Waals surface area contributed by atoms with Gasteiger partial charge in [0, 0.05) is 26.6 Å². The lowest BCUT2D eigenvalue weighted by molar-refractivity contribution is -0.129. The highest BCUT2D eigenvalue weighted by atomic mass is 32.2. The summed E-state index contributed by atoms with van der Waals surface area (Å²) in [6, 6.07) is 7.38. The standard InChI is InChI=1S/C17H24N4O4S/c1-12-17(13(2)20-19-12)26(23,24)18-9-10-21(14(3)22)11-15-5-7-16(25-4)8-6-15/h5-8,18H,9-11H2,1-4H3,(H,19,20). The van der Waals surface area contributed by atoms with Gasteiger partial charge in [0.1, 0.15) is 10.6 Å². The number of ether oxygens (including phenoxy) is 1. The smallest absolute Gasteiger partial charge is 0.244 e. The van der Waals surface area contributed by atoms with Crippen molar-refractivity contribution >= 4 is 15.9 Å². The topological polar surface area (TPSA) is 104 Å². The van der Waals surface area contributed by atoms with Crippen LogP contribution in [0.2, 0.25) is 0 Å². The summed E-state index contributed by atoms with van der Waals surface area (Å²) in [5, 5.41) is 6.56. The van der Waals surface area contributed by atoms with Crippen LogP contribution in [0.5, 0.6) is 5.75 Å². The number of carbonyl (C=O) groups is 1. The molecule has 1 aromatic heterocycles. The Hall–Kier alpha value is -2.39. The summed E-state index contributed by atoms with van der Waals surface area (Å²) in [5.74, 6) is 0.609. The highest BCUT2D eigenvalue weighted by Crippen LogP contribution is 2.16. The van der Waals surface area contributed by atoms with Gasteiger partial charge in [0.15, 0.2) is 0 Å². The maximum Gasteiger partial charge on any atom is 0.244 e. The van der Waals surface area contributed by atoms with Crippen molar-refractivity contribution in [3.63, 3.8) is 0 Å². The fraction of sp³-hybridized carbons (Fsp3) is 0.412. The van der Waals surface area contributed by atoms with Crippen molar-refractivity contribution in [2.24, 2.45) is 0 Å². The second-order valence-corrected chi connectivity index (χ2v) is 7.65. The summed E-state index contributed by atoms with van der Waals surface area (Å²) in [5.41, 5.74) is 1.83. The van der Waals surface area contributed by atoms with Crippen LogP contribution in [0, 0.1) is 13.8 Å². The third-order valence-electron chi connectivity index (χ3n) is 3.98. The number of rotatable bonds is 8. The van der Waals surface area contributed by atoms with Crippen LogP contribution in [0.4, 0.5) is 0 Å². The van der Waals surface area contributed by atoms with E-state index in [-0.39, 0.29) is 23.9 Å². The summed E-state index contributed by atoms with van der Waals surface area (Å²) in [6.07, 6.45) is 0. The first-order valence-corrected chi connectivity index (χ1v) is 9.62. The second-order valence-electron chi connectivity index (χ2n) is 5.95. The molecule has 0 aliphatic carbocycles. The first kappa shape index (κ1) is 19.9. The average molecular weight is 380 g/mol. The largest absolute Gasteiger partial charge is 0.497 e. The van der Waals surface area contributed by atoms with Crippen molar-refractivity contribution in [3.05, 3.63) is 41.2 Å². The summed E-state index contributed by atoms with van der Waals surface area (Å²) in [4.78, 5) is 13.6. The van der Waals surface area contributed by atoms with Gasteiger partial charge in [-0.25, -0.2) is 13.1 Å². The number of aromatic nitrogens is 2. The number of nitrogens with one attached hydrogen (secondary N) is 2. The van der Waals surface area contributed by atoms with Gasteiger partial charge in [0.05, 0.1) is 18.5 Å². The molecule has 0 fully saturated rings. The molecule has 2 aromatic rings. The van der Waals surface area contributed by atoms with Crippen molar-refractivity contribution < 1.29 is 17.9 Å². The van der Waals surface area contributed by atoms with Gasteiger partial charge in [0.2, 0.25) is 15.9 Å². The number of aromatic amines is 1. The molecule has 0 aliphatic heterocycles. The van der Waals surface area contributed by atoms with Crippen LogP contribution in [0.15, 0.2) is 29.2 Å². The van der Waals surface area contributed by atoms with E-state index in [0.29, 0.717) is 17.9 Å². The average Bonchev–Trinajstić information content (AvgIpc) is 2.93. The van der Waals surface area contributed by atoms with Gasteiger partial charge in [-0.05, 0) is 31.5 Å². The molecule has 0 spiro atoms. The van der Waals surface area contributed by atoms with Gasteiger partial charge >= 0.3 is 0 Å². The normalized spacial score (nSPS) is 11.4. The molecule has 0 radical (unpaired) electrons. The van der Waals surface area contributed by atoms with E-state index in [2.05, 4.69) is 14.9 Å². The number of hydrogen-bond acceptors (Lipinski definition) is 5. The molecule has 0 saturated heterocycles. The summed E-state index contributed by atoms with van der Waals surface area (Å²) in [7, 11) is -2.09. The summed E-state index contributed by atoms with van der Waals surface area (Å²) in [6.45, 7) is 5.51. The Kier molecular flexibility index (Phi) is 6.38. The van der Waals surface area contributed by atoms with Crippen LogP contribution in [-0.4, -0.2) is 49.6 Å². The second kappa shape index (κ2) is 8.33. The molecule has 9 heteroatoms. The van der Waals surface area contributed by atoms with Crippen LogP contribution >= 0.6 is 0 Å². The minimum Gasteiger partial charge on any atom is -0.497 e. The van der Waals surface area contributed by atoms with Crippen molar-refractivity contribution in [2.45, 2.75) is 32.2 Å². The Balaban J connectivity index is 1.99. The zero-order valence-electron chi connectivity index (χ0n) is 15.4. The van der Waals surface area contributed by atoms with E-state index < -0.39 is 10.0 Å². The van der Waals surface area contributed by atoms with E-state index in [4.69, 9.17) is 4.74 Å². The fourth-order valence-corrected chi connectivity index (χ4v) is 4.01. The number of benzene rings is 1. The van der Waals surface area contributed by atoms with Crippen LogP contribution in [0.1, 0.15) is 23.9 Å². The minimum atomic E-state index is -3.68. The Labute approximate surface area is 153 Å². The zero-order chi connectivity index (χ0) is 19.3. The molecule has 1 aromatic carbocycles. The number of sulfonamides is 1. The molecule has 1 amide bonds. The number of amides is 1. The predicted octanol–water partition coefficient (Wildman–Crippen LogP) is 1.36. The highest BCUT2D eigenvalue weighted by Gasteiger charge is 2.22. The first-order valence-electron chi connectivity index (χ1n) is 8.14. The molecule has 0 unspecified atom stereocenters. The molecule has 142 valence electrons. The van der Waals surface area contributed by atoms with Gasteiger partial charge in [-0.2, -0.15) is 5.10 Å². The molecule has 0 aliphatic rings. The van der Waals surface area contributed by atoms with E-state index in [1.165, 1.54) is 6.92 Å². The molecular weight excluding hydrogens is 356 g/mol. The molecule has 1 heterocycles. The van der Waals surface area contributed by atoms with Crippen molar-refractivity contribution in [1.82, 2.24) is 19.8 Å². The number of aryl methyl sites for hydroxylation is 2. The van der Waals surface area contributed by atoms with Crippen molar-refractivity contribution in [2.75, 3.05) is 20.2 Å². The van der Waals surface area contributed by atoms with Gasteiger partial charge in [0.25, 0.3) is 0 Å². The number of methoxy groups -OCH3 is 1. The van der Waals surface area contributed by atoms with Crippen molar-refractivity contribution in [1.29, 1.82) is 0 Å². The molecule has 8 nitrogen and oxygen atoms in total. The molecule has 0 saturated carbocycles. The van der Waals surface area contributed by atoms with Gasteiger partial charge in [-0.1, -0.05) is 12.1 Å². The van der Waals surface area contributed by atoms with Crippen LogP contribution in [0.3, 0.4) is 0 Å². The zero-order valence-corrected chi connectivity index (χ0v) is 16.2. The quantitative estimate of drug-likeness (QED) is 0.720. The Bertz CT molecular complexity index is 840. The third kappa shape index (κ3) is 4.83. The lowest BCUT2D eigenvalue weighted by atomic mass is 10.2. The Morgan fingerprint density at radius 1 is 1.27 bits per heavy atom. The predicted molar refractivity (Wildman–Crippen MR) is 97.3 cm³/mol. The molecule has 0 bridgehead atoms. The van der Waals surface area contributed by atoms with E-state index in [9.17, 15) is 13.2 Å². The van der Waals surface area contributed by atoms with E-state index in [0.717, 1.165) is 11.3 Å². The summed E-state index contributed by atoms with van der Waals surface area (Å²) < 4.78 is 32.5. The van der Waals surface area contributed by atoms with Crippen LogP contribution in [0.25, 0.3) is 0 Å².